The van der Waals surface area contributed by atoms with Gasteiger partial charge in [0.15, 0.2) is 17.7 Å². The molecule has 0 radical (unpaired) electrons. The van der Waals surface area contributed by atoms with Gasteiger partial charge >= 0.3 is 12.1 Å². The van der Waals surface area contributed by atoms with Crippen LogP contribution in [0, 0.1) is 11.6 Å². The maximum atomic E-state index is 13.6. The first-order valence-corrected chi connectivity index (χ1v) is 13.4. The monoisotopic (exact) mass is 611 g/mol. The molecule has 1 amide bonds. The van der Waals surface area contributed by atoms with E-state index in [0.29, 0.717) is 15.8 Å². The first-order chi connectivity index (χ1) is 19.6. The van der Waals surface area contributed by atoms with Crippen molar-refractivity contribution < 1.29 is 42.4 Å². The van der Waals surface area contributed by atoms with Crippen molar-refractivity contribution in [2.24, 2.45) is 0 Å². The molecule has 0 saturated carbocycles. The summed E-state index contributed by atoms with van der Waals surface area (Å²) in [5.41, 5.74) is 1.51. The normalized spacial score (nSPS) is 11.6. The molecule has 41 heavy (non-hydrogen) atoms. The van der Waals surface area contributed by atoms with Crippen LogP contribution in [0.5, 0.6) is 11.5 Å². The number of halogens is 4. The van der Waals surface area contributed by atoms with Gasteiger partial charge in [0.2, 0.25) is 0 Å². The van der Waals surface area contributed by atoms with E-state index in [1.807, 2.05) is 0 Å². The molecule has 0 aliphatic heterocycles. The Labute approximate surface area is 246 Å². The average molecular weight is 612 g/mol. The first kappa shape index (κ1) is 32.1. The summed E-state index contributed by atoms with van der Waals surface area (Å²) in [4.78, 5) is 25.5. The molecular weight excluding hydrogens is 583 g/mol. The van der Waals surface area contributed by atoms with Gasteiger partial charge in [-0.1, -0.05) is 35.3 Å². The van der Waals surface area contributed by atoms with Crippen LogP contribution in [-0.4, -0.2) is 61.1 Å². The zero-order valence-corrected chi connectivity index (χ0v) is 23.7. The molecule has 0 saturated heterocycles. The van der Waals surface area contributed by atoms with Crippen LogP contribution in [0.2, 0.25) is 10.0 Å². The van der Waals surface area contributed by atoms with Crippen molar-refractivity contribution in [3.8, 4) is 11.5 Å². The van der Waals surface area contributed by atoms with Gasteiger partial charge in [0.05, 0.1) is 19.8 Å². The molecule has 220 valence electrons. The van der Waals surface area contributed by atoms with Crippen molar-refractivity contribution in [3.63, 3.8) is 0 Å². The molecule has 0 aliphatic rings. The fraction of sp³-hybridized carbons (Fsp3) is 0.310. The summed E-state index contributed by atoms with van der Waals surface area (Å²) in [5.74, 6) is -2.90. The SMILES string of the molecule is CCOC(Cc1ccc(OCCN(CCOCc2cc(Cl)cc(Cl)c2)C(=O)Oc2ccc(F)c(F)c2)cc1)C(=O)O. The zero-order valence-electron chi connectivity index (χ0n) is 22.2. The molecule has 0 bridgehead atoms. The summed E-state index contributed by atoms with van der Waals surface area (Å²) in [6.07, 6.45) is -1.55. The van der Waals surface area contributed by atoms with Crippen LogP contribution in [0.4, 0.5) is 13.6 Å². The number of carbonyl (C=O) groups is 2. The van der Waals surface area contributed by atoms with Crippen LogP contribution in [-0.2, 0) is 27.3 Å². The van der Waals surface area contributed by atoms with Crippen LogP contribution in [0.1, 0.15) is 18.1 Å². The van der Waals surface area contributed by atoms with E-state index < -0.39 is 29.8 Å². The molecule has 12 heteroatoms. The summed E-state index contributed by atoms with van der Waals surface area (Å²) >= 11 is 12.0. The Morgan fingerprint density at radius 3 is 2.17 bits per heavy atom. The van der Waals surface area contributed by atoms with Crippen molar-refractivity contribution in [3.05, 3.63) is 93.5 Å². The van der Waals surface area contributed by atoms with Gasteiger partial charge in [0.1, 0.15) is 18.1 Å². The van der Waals surface area contributed by atoms with Crippen LogP contribution in [0.25, 0.3) is 0 Å². The van der Waals surface area contributed by atoms with E-state index >= 15 is 0 Å². The van der Waals surface area contributed by atoms with Gasteiger partial charge in [-0.3, -0.25) is 0 Å². The molecule has 0 spiro atoms. The fourth-order valence-electron chi connectivity index (χ4n) is 3.69. The standard InChI is InChI=1S/C29H29Cl2F2NO7/c1-2-39-27(28(35)36)15-19-3-5-23(6-4-19)40-12-10-34(29(37)41-24-7-8-25(32)26(33)17-24)9-11-38-18-20-13-21(30)16-22(31)14-20/h3-8,13-14,16-17,27H,2,9-12,15,18H2,1H3,(H,35,36). The third kappa shape index (κ3) is 10.8. The summed E-state index contributed by atoms with van der Waals surface area (Å²) in [5, 5.41) is 10.2. The number of benzene rings is 3. The Hall–Kier alpha value is -3.44. The number of ether oxygens (including phenoxy) is 4. The molecule has 0 fully saturated rings. The number of rotatable bonds is 15. The predicted octanol–water partition coefficient (Wildman–Crippen LogP) is 6.40. The van der Waals surface area contributed by atoms with E-state index in [0.717, 1.165) is 29.3 Å². The van der Waals surface area contributed by atoms with Crippen LogP contribution < -0.4 is 9.47 Å². The van der Waals surface area contributed by atoms with Gasteiger partial charge in [-0.05, 0) is 60.5 Å². The molecular formula is C29H29Cl2F2NO7. The molecule has 3 rings (SSSR count). The molecule has 0 aromatic heterocycles. The van der Waals surface area contributed by atoms with E-state index in [9.17, 15) is 23.5 Å². The van der Waals surface area contributed by atoms with E-state index in [2.05, 4.69) is 0 Å². The Bertz CT molecular complexity index is 1290. The lowest BCUT2D eigenvalue weighted by Crippen LogP contribution is -2.39. The first-order valence-electron chi connectivity index (χ1n) is 12.6. The van der Waals surface area contributed by atoms with Crippen LogP contribution in [0.15, 0.2) is 60.7 Å². The van der Waals surface area contributed by atoms with E-state index in [4.69, 9.17) is 42.1 Å². The van der Waals surface area contributed by atoms with Crippen molar-refractivity contribution in [1.82, 2.24) is 4.90 Å². The van der Waals surface area contributed by atoms with Crippen molar-refractivity contribution in [2.45, 2.75) is 26.1 Å². The molecule has 3 aromatic carbocycles. The number of hydrogen-bond donors (Lipinski definition) is 1. The van der Waals surface area contributed by atoms with Gasteiger partial charge in [-0.2, -0.15) is 0 Å². The zero-order chi connectivity index (χ0) is 29.8. The quantitative estimate of drug-likeness (QED) is 0.199. The summed E-state index contributed by atoms with van der Waals surface area (Å²) in [7, 11) is 0. The van der Waals surface area contributed by atoms with Gasteiger partial charge in [0, 0.05) is 35.7 Å². The van der Waals surface area contributed by atoms with Gasteiger partial charge in [-0.25, -0.2) is 18.4 Å². The largest absolute Gasteiger partial charge is 0.492 e. The molecule has 8 nitrogen and oxygen atoms in total. The molecule has 1 N–H and O–H groups in total. The summed E-state index contributed by atoms with van der Waals surface area (Å²) < 4.78 is 48.7. The van der Waals surface area contributed by atoms with E-state index in [-0.39, 0.29) is 51.7 Å². The Morgan fingerprint density at radius 2 is 1.54 bits per heavy atom. The topological polar surface area (TPSA) is 94.5 Å². The van der Waals surface area contributed by atoms with Gasteiger partial charge in [0.25, 0.3) is 0 Å². The third-order valence-corrected chi connectivity index (χ3v) is 6.11. The lowest BCUT2D eigenvalue weighted by Gasteiger charge is -2.22. The smallest absolute Gasteiger partial charge is 0.415 e. The second kappa shape index (κ2) is 16.1. The van der Waals surface area contributed by atoms with Crippen LogP contribution >= 0.6 is 23.2 Å². The number of carboxylic acid groups (broad SMARTS) is 1. The number of amides is 1. The minimum absolute atomic E-state index is 0.0762. The third-order valence-electron chi connectivity index (χ3n) is 5.67. The van der Waals surface area contributed by atoms with E-state index in [1.165, 1.54) is 4.90 Å². The minimum Gasteiger partial charge on any atom is -0.492 e. The molecule has 1 unspecified atom stereocenters. The highest BCUT2D eigenvalue weighted by molar-refractivity contribution is 6.34. The van der Waals surface area contributed by atoms with Gasteiger partial charge < -0.3 is 29.0 Å². The molecule has 0 aliphatic carbocycles. The van der Waals surface area contributed by atoms with Gasteiger partial charge in [-0.15, -0.1) is 0 Å². The minimum atomic E-state index is -1.15. The van der Waals surface area contributed by atoms with Crippen molar-refractivity contribution in [1.29, 1.82) is 0 Å². The summed E-state index contributed by atoms with van der Waals surface area (Å²) in [6, 6.07) is 14.6. The Morgan fingerprint density at radius 1 is 0.878 bits per heavy atom. The van der Waals surface area contributed by atoms with E-state index in [1.54, 1.807) is 49.4 Å². The molecule has 1 atom stereocenters. The highest BCUT2D eigenvalue weighted by Gasteiger charge is 2.19. The maximum Gasteiger partial charge on any atom is 0.415 e. The highest BCUT2D eigenvalue weighted by Crippen LogP contribution is 2.20. The average Bonchev–Trinajstić information content (AvgIpc) is 2.92. The predicted molar refractivity (Wildman–Crippen MR) is 149 cm³/mol. The number of carboxylic acids is 1. The number of aliphatic carboxylic acids is 1. The highest BCUT2D eigenvalue weighted by atomic mass is 35.5. The summed E-state index contributed by atoms with van der Waals surface area (Å²) in [6.45, 7) is 2.60. The van der Waals surface area contributed by atoms with Crippen LogP contribution in [0.3, 0.4) is 0 Å². The Kier molecular flexibility index (Phi) is 12.6. The molecule has 3 aromatic rings. The molecule has 0 heterocycles. The van der Waals surface area contributed by atoms with Crippen molar-refractivity contribution in [2.75, 3.05) is 32.9 Å². The number of nitrogens with zero attached hydrogens (tertiary/aromatic N) is 1. The fourth-order valence-corrected chi connectivity index (χ4v) is 4.26. The van der Waals surface area contributed by atoms with Crippen molar-refractivity contribution >= 4 is 35.3 Å². The lowest BCUT2D eigenvalue weighted by molar-refractivity contribution is -0.149. The second-order valence-corrected chi connectivity index (χ2v) is 9.61. The maximum absolute atomic E-state index is 13.6. The number of hydrogen-bond acceptors (Lipinski definition) is 6. The lowest BCUT2D eigenvalue weighted by atomic mass is 10.1. The Balaban J connectivity index is 1.57. The second-order valence-electron chi connectivity index (χ2n) is 8.74. The number of carbonyl (C=O) groups excluding carboxylic acids is 1.